The molecule has 0 aliphatic carbocycles. The molecule has 230 valence electrons. The van der Waals surface area contributed by atoms with Gasteiger partial charge in [-0.25, -0.2) is 4.39 Å². The van der Waals surface area contributed by atoms with Crippen LogP contribution in [0, 0.1) is 24.6 Å². The van der Waals surface area contributed by atoms with E-state index in [0.717, 1.165) is 68.2 Å². The van der Waals surface area contributed by atoms with E-state index in [-0.39, 0.29) is 36.3 Å². The van der Waals surface area contributed by atoms with Crippen LogP contribution in [-0.2, 0) is 16.0 Å². The summed E-state index contributed by atoms with van der Waals surface area (Å²) in [5.74, 6) is -0.744. The lowest BCUT2D eigenvalue weighted by atomic mass is 9.81. The summed E-state index contributed by atoms with van der Waals surface area (Å²) in [5, 5.41) is 10.6. The fourth-order valence-corrected chi connectivity index (χ4v) is 7.24. The van der Waals surface area contributed by atoms with Crippen molar-refractivity contribution in [1.82, 2.24) is 4.90 Å². The number of nitrogens with zero attached hydrogens (tertiary/aromatic N) is 2. The fourth-order valence-electron chi connectivity index (χ4n) is 7.24. The molecule has 2 heterocycles. The van der Waals surface area contributed by atoms with Crippen LogP contribution in [0.25, 0.3) is 0 Å². The number of aryl methyl sites for hydroxylation is 1. The van der Waals surface area contributed by atoms with E-state index in [4.69, 9.17) is 4.74 Å². The average Bonchev–Trinajstić information content (AvgIpc) is 3.55. The molecule has 1 fully saturated rings. The minimum atomic E-state index is -0.804. The van der Waals surface area contributed by atoms with Crippen molar-refractivity contribution in [3.63, 3.8) is 0 Å². The van der Waals surface area contributed by atoms with Crippen molar-refractivity contribution in [3.05, 3.63) is 58.9 Å². The third kappa shape index (κ3) is 7.16. The number of carbonyl (C=O) groups is 2. The van der Waals surface area contributed by atoms with Gasteiger partial charge < -0.3 is 14.7 Å². The lowest BCUT2D eigenvalue weighted by Gasteiger charge is -2.35. The van der Waals surface area contributed by atoms with Gasteiger partial charge in [0.1, 0.15) is 11.6 Å². The highest BCUT2D eigenvalue weighted by atomic mass is 19.1. The first-order valence-corrected chi connectivity index (χ1v) is 16.0. The van der Waals surface area contributed by atoms with Crippen LogP contribution in [0.2, 0.25) is 0 Å². The number of carboxylic acid groups (broad SMARTS) is 1. The van der Waals surface area contributed by atoms with Crippen LogP contribution < -0.4 is 9.64 Å². The van der Waals surface area contributed by atoms with Crippen molar-refractivity contribution in [2.45, 2.75) is 104 Å². The van der Waals surface area contributed by atoms with Crippen molar-refractivity contribution in [1.29, 1.82) is 0 Å². The van der Waals surface area contributed by atoms with Crippen LogP contribution in [-0.4, -0.2) is 53.7 Å². The number of ether oxygens (including phenoxy) is 1. The molecule has 1 N–H and O–H groups in total. The fraction of sp³-hybridized carbons (Fsp3) is 0.600. The van der Waals surface area contributed by atoms with Crippen LogP contribution in [0.5, 0.6) is 5.75 Å². The van der Waals surface area contributed by atoms with E-state index in [1.54, 1.807) is 19.1 Å². The number of hydrogen-bond acceptors (Lipinski definition) is 4. The van der Waals surface area contributed by atoms with Gasteiger partial charge in [-0.3, -0.25) is 14.5 Å². The smallest absolute Gasteiger partial charge is 0.308 e. The summed E-state index contributed by atoms with van der Waals surface area (Å²) in [6.07, 6.45) is 7.17. The summed E-state index contributed by atoms with van der Waals surface area (Å²) in [6.45, 7) is 11.6. The molecule has 2 aliphatic heterocycles. The predicted octanol–water partition coefficient (Wildman–Crippen LogP) is 7.37. The zero-order valence-corrected chi connectivity index (χ0v) is 26.1. The quantitative estimate of drug-likeness (QED) is 0.253. The highest BCUT2D eigenvalue weighted by Gasteiger charge is 2.48. The molecule has 42 heavy (non-hydrogen) atoms. The highest BCUT2D eigenvalue weighted by molar-refractivity contribution is 5.95. The van der Waals surface area contributed by atoms with E-state index in [9.17, 15) is 19.1 Å². The Kier molecular flexibility index (Phi) is 11.0. The first-order valence-electron chi connectivity index (χ1n) is 16.0. The Morgan fingerprint density at radius 2 is 1.79 bits per heavy atom. The summed E-state index contributed by atoms with van der Waals surface area (Å²) in [5.41, 5.74) is 3.36. The molecule has 4 atom stereocenters. The molecule has 7 heteroatoms. The van der Waals surface area contributed by atoms with Gasteiger partial charge >= 0.3 is 5.97 Å². The zero-order chi connectivity index (χ0) is 30.4. The van der Waals surface area contributed by atoms with Crippen molar-refractivity contribution in [2.75, 3.05) is 24.6 Å². The van der Waals surface area contributed by atoms with E-state index in [1.165, 1.54) is 6.07 Å². The Labute approximate surface area is 251 Å². The Bertz CT molecular complexity index is 1230. The molecule has 4 rings (SSSR count). The molecule has 1 saturated heterocycles. The van der Waals surface area contributed by atoms with Gasteiger partial charge in [0.25, 0.3) is 0 Å². The summed E-state index contributed by atoms with van der Waals surface area (Å²) in [7, 11) is 0. The van der Waals surface area contributed by atoms with Crippen LogP contribution >= 0.6 is 0 Å². The maximum Gasteiger partial charge on any atom is 0.308 e. The van der Waals surface area contributed by atoms with Crippen molar-refractivity contribution in [2.24, 2.45) is 11.8 Å². The number of halogens is 1. The van der Waals surface area contributed by atoms with Gasteiger partial charge in [-0.1, -0.05) is 65.5 Å². The second kappa shape index (κ2) is 14.5. The number of anilines is 1. The number of hydrogen-bond donors (Lipinski definition) is 1. The third-order valence-corrected chi connectivity index (χ3v) is 9.24. The van der Waals surface area contributed by atoms with Crippen LogP contribution in [0.3, 0.4) is 0 Å². The number of aliphatic carboxylic acids is 1. The highest BCUT2D eigenvalue weighted by Crippen LogP contribution is 2.42. The molecule has 0 radical (unpaired) electrons. The largest absolute Gasteiger partial charge is 0.493 e. The summed E-state index contributed by atoms with van der Waals surface area (Å²) >= 11 is 0. The van der Waals surface area contributed by atoms with Gasteiger partial charge in [0, 0.05) is 36.7 Å². The number of likely N-dealkylation sites (tertiary alicyclic amines) is 1. The standard InChI is InChI=1S/C35H49FN2O4/c1-6-9-23(4)18-31-34(35(40)41)29(25-12-15-32-26(20-25)16-17-42-32)21-37(31)22-33(39)38(27(10-7-2)11-8-3)28-13-14-30(36)24(5)19-28/h12-15,19-20,23,27,29,31,34H,6-11,16-18,21-22H2,1-5H3,(H,40,41)/t23?,29-,31+,34-/m1/s1. The average molecular weight is 581 g/mol. The number of rotatable bonds is 14. The molecule has 6 nitrogen and oxygen atoms in total. The van der Waals surface area contributed by atoms with Gasteiger partial charge in [-0.05, 0) is 73.1 Å². The monoisotopic (exact) mass is 580 g/mol. The van der Waals surface area contributed by atoms with Crippen molar-refractivity contribution in [3.8, 4) is 5.75 Å². The molecule has 1 amide bonds. The second-order valence-corrected chi connectivity index (χ2v) is 12.5. The van der Waals surface area contributed by atoms with Gasteiger partial charge in [-0.15, -0.1) is 0 Å². The number of benzene rings is 2. The maximum absolute atomic E-state index is 14.3. The normalized spacial score (nSPS) is 20.9. The van der Waals surface area contributed by atoms with Crippen molar-refractivity contribution < 1.29 is 23.8 Å². The Hall–Kier alpha value is -2.93. The van der Waals surface area contributed by atoms with Crippen molar-refractivity contribution >= 4 is 17.6 Å². The van der Waals surface area contributed by atoms with E-state index >= 15 is 0 Å². The number of carboxylic acids is 1. The van der Waals surface area contributed by atoms with E-state index in [1.807, 2.05) is 17.0 Å². The SMILES string of the molecule is CCCC(C)C[C@H]1[C@H](C(=O)O)[C@@H](c2ccc3c(c2)CCO3)CN1CC(=O)N(c1ccc(F)c(C)c1)C(CCC)CCC. The van der Waals surface area contributed by atoms with Gasteiger partial charge in [0.05, 0.1) is 19.1 Å². The van der Waals surface area contributed by atoms with E-state index < -0.39 is 11.9 Å². The first-order chi connectivity index (χ1) is 20.2. The Balaban J connectivity index is 1.70. The molecule has 2 aromatic rings. The zero-order valence-electron chi connectivity index (χ0n) is 26.1. The third-order valence-electron chi connectivity index (χ3n) is 9.24. The van der Waals surface area contributed by atoms with E-state index in [0.29, 0.717) is 30.3 Å². The topological polar surface area (TPSA) is 70.1 Å². The molecule has 1 unspecified atom stereocenters. The number of carbonyl (C=O) groups excluding carboxylic acids is 1. The number of amides is 1. The minimum absolute atomic E-state index is 0.000192. The van der Waals surface area contributed by atoms with Crippen LogP contribution in [0.15, 0.2) is 36.4 Å². The van der Waals surface area contributed by atoms with Crippen LogP contribution in [0.4, 0.5) is 10.1 Å². The molecule has 0 saturated carbocycles. The molecule has 0 bridgehead atoms. The molecular formula is C35H49FN2O4. The van der Waals surface area contributed by atoms with Gasteiger partial charge in [0.2, 0.25) is 5.91 Å². The first kappa shape index (κ1) is 32.0. The molecule has 0 aromatic heterocycles. The minimum Gasteiger partial charge on any atom is -0.493 e. The van der Waals surface area contributed by atoms with Gasteiger partial charge in [-0.2, -0.15) is 0 Å². The lowest BCUT2D eigenvalue weighted by Crippen LogP contribution is -2.48. The summed E-state index contributed by atoms with van der Waals surface area (Å²) < 4.78 is 20.0. The second-order valence-electron chi connectivity index (χ2n) is 12.5. The number of fused-ring (bicyclic) bond motifs is 1. The summed E-state index contributed by atoms with van der Waals surface area (Å²) in [4.78, 5) is 31.3. The maximum atomic E-state index is 14.3. The summed E-state index contributed by atoms with van der Waals surface area (Å²) in [6, 6.07) is 10.8. The lowest BCUT2D eigenvalue weighted by molar-refractivity contribution is -0.143. The predicted molar refractivity (Wildman–Crippen MR) is 166 cm³/mol. The molecule has 2 aromatic carbocycles. The Morgan fingerprint density at radius 3 is 2.43 bits per heavy atom. The van der Waals surface area contributed by atoms with Crippen LogP contribution in [0.1, 0.15) is 95.2 Å². The Morgan fingerprint density at radius 1 is 1.07 bits per heavy atom. The molecule has 2 aliphatic rings. The van der Waals surface area contributed by atoms with Gasteiger partial charge in [0.15, 0.2) is 0 Å². The molecule has 0 spiro atoms. The molecular weight excluding hydrogens is 531 g/mol. The van der Waals surface area contributed by atoms with E-state index in [2.05, 4.69) is 38.7 Å².